The second-order valence-corrected chi connectivity index (χ2v) is 6.75. The van der Waals surface area contributed by atoms with Gasteiger partial charge in [0.25, 0.3) is 0 Å². The molecule has 1 aliphatic heterocycles. The van der Waals surface area contributed by atoms with Crippen LogP contribution >= 0.6 is 0 Å². The van der Waals surface area contributed by atoms with Crippen molar-refractivity contribution in [3.8, 4) is 6.07 Å². The zero-order valence-corrected chi connectivity index (χ0v) is 14.7. The molecule has 0 spiro atoms. The van der Waals surface area contributed by atoms with Crippen LogP contribution in [0.15, 0.2) is 0 Å². The zero-order valence-electron chi connectivity index (χ0n) is 14.7. The van der Waals surface area contributed by atoms with E-state index in [-0.39, 0.29) is 0 Å². The highest BCUT2D eigenvalue weighted by atomic mass is 15.3. The Labute approximate surface area is 131 Å². The molecule has 3 unspecified atom stereocenters. The summed E-state index contributed by atoms with van der Waals surface area (Å²) in [6.45, 7) is 16.5. The highest BCUT2D eigenvalue weighted by molar-refractivity contribution is 5.05. The summed E-state index contributed by atoms with van der Waals surface area (Å²) in [5.74, 6) is 0. The van der Waals surface area contributed by atoms with Crippen molar-refractivity contribution in [1.82, 2.24) is 15.1 Å². The lowest BCUT2D eigenvalue weighted by Gasteiger charge is -2.42. The van der Waals surface area contributed by atoms with Crippen molar-refractivity contribution in [2.75, 3.05) is 32.7 Å². The first kappa shape index (κ1) is 18.4. The molecule has 1 saturated heterocycles. The highest BCUT2D eigenvalue weighted by Crippen LogP contribution is 2.18. The Bertz CT molecular complexity index is 330. The summed E-state index contributed by atoms with van der Waals surface area (Å²) in [6, 6.07) is 3.62. The summed E-state index contributed by atoms with van der Waals surface area (Å²) in [5, 5.41) is 12.9. The SMILES string of the molecule is CCCNC(C)(C#N)CC(C)N1CCN(C(C)CC)CC1. The van der Waals surface area contributed by atoms with Gasteiger partial charge in [0.05, 0.1) is 6.07 Å². The van der Waals surface area contributed by atoms with Gasteiger partial charge in [-0.3, -0.25) is 15.1 Å². The Morgan fingerprint density at radius 1 is 1.10 bits per heavy atom. The highest BCUT2D eigenvalue weighted by Gasteiger charge is 2.30. The average molecular weight is 294 g/mol. The minimum absolute atomic E-state index is 0.400. The lowest BCUT2D eigenvalue weighted by Crippen LogP contribution is -2.54. The summed E-state index contributed by atoms with van der Waals surface area (Å²) in [6.07, 6.45) is 3.19. The summed E-state index contributed by atoms with van der Waals surface area (Å²) < 4.78 is 0. The Morgan fingerprint density at radius 2 is 1.62 bits per heavy atom. The summed E-state index contributed by atoms with van der Waals surface area (Å²) in [5.41, 5.74) is -0.400. The third kappa shape index (κ3) is 5.58. The third-order valence-corrected chi connectivity index (χ3v) is 4.90. The van der Waals surface area contributed by atoms with E-state index >= 15 is 0 Å². The summed E-state index contributed by atoms with van der Waals surface area (Å²) >= 11 is 0. The third-order valence-electron chi connectivity index (χ3n) is 4.90. The van der Waals surface area contributed by atoms with Crippen LogP contribution in [0.25, 0.3) is 0 Å². The second-order valence-electron chi connectivity index (χ2n) is 6.75. The molecule has 1 heterocycles. The van der Waals surface area contributed by atoms with Crippen LogP contribution in [0.3, 0.4) is 0 Å². The molecule has 0 radical (unpaired) electrons. The van der Waals surface area contributed by atoms with Crippen molar-refractivity contribution in [3.05, 3.63) is 0 Å². The first-order chi connectivity index (χ1) is 9.95. The molecule has 0 bridgehead atoms. The smallest absolute Gasteiger partial charge is 0.105 e. The lowest BCUT2D eigenvalue weighted by atomic mass is 9.94. The molecule has 0 aromatic carbocycles. The van der Waals surface area contributed by atoms with E-state index in [0.717, 1.165) is 45.6 Å². The van der Waals surface area contributed by atoms with E-state index < -0.39 is 5.54 Å². The van der Waals surface area contributed by atoms with Gasteiger partial charge in [-0.15, -0.1) is 0 Å². The maximum Gasteiger partial charge on any atom is 0.105 e. The van der Waals surface area contributed by atoms with Gasteiger partial charge in [-0.2, -0.15) is 5.26 Å². The average Bonchev–Trinajstić information content (AvgIpc) is 2.52. The van der Waals surface area contributed by atoms with E-state index in [4.69, 9.17) is 0 Å². The Hall–Kier alpha value is -0.630. The van der Waals surface area contributed by atoms with Gasteiger partial charge in [0.2, 0.25) is 0 Å². The molecular weight excluding hydrogens is 260 g/mol. The zero-order chi connectivity index (χ0) is 15.9. The second kappa shape index (κ2) is 8.73. The molecular formula is C17H34N4. The minimum Gasteiger partial charge on any atom is -0.300 e. The van der Waals surface area contributed by atoms with Crippen LogP contribution in [0.2, 0.25) is 0 Å². The maximum absolute atomic E-state index is 9.47. The number of nitriles is 1. The largest absolute Gasteiger partial charge is 0.300 e. The van der Waals surface area contributed by atoms with E-state index in [9.17, 15) is 5.26 Å². The van der Waals surface area contributed by atoms with Crippen LogP contribution in [-0.2, 0) is 0 Å². The van der Waals surface area contributed by atoms with Crippen LogP contribution < -0.4 is 5.32 Å². The van der Waals surface area contributed by atoms with Crippen molar-refractivity contribution < 1.29 is 0 Å². The first-order valence-electron chi connectivity index (χ1n) is 8.60. The molecule has 0 amide bonds. The molecule has 122 valence electrons. The molecule has 0 aromatic rings. The molecule has 1 rings (SSSR count). The fraction of sp³-hybridized carbons (Fsp3) is 0.941. The number of hydrogen-bond donors (Lipinski definition) is 1. The summed E-state index contributed by atoms with van der Waals surface area (Å²) in [4.78, 5) is 5.13. The van der Waals surface area contributed by atoms with Gasteiger partial charge in [0.1, 0.15) is 5.54 Å². The van der Waals surface area contributed by atoms with Gasteiger partial charge in [0.15, 0.2) is 0 Å². The van der Waals surface area contributed by atoms with Crippen molar-refractivity contribution >= 4 is 0 Å². The van der Waals surface area contributed by atoms with Gasteiger partial charge in [0, 0.05) is 38.3 Å². The number of hydrogen-bond acceptors (Lipinski definition) is 4. The predicted octanol–water partition coefficient (Wildman–Crippen LogP) is 2.46. The molecule has 1 N–H and O–H groups in total. The number of nitrogens with one attached hydrogen (secondary N) is 1. The van der Waals surface area contributed by atoms with Crippen LogP contribution in [0.4, 0.5) is 0 Å². The molecule has 0 saturated carbocycles. The van der Waals surface area contributed by atoms with E-state index in [1.54, 1.807) is 0 Å². The van der Waals surface area contributed by atoms with Crippen molar-refractivity contribution in [2.45, 2.75) is 71.5 Å². The van der Waals surface area contributed by atoms with E-state index in [0.29, 0.717) is 12.1 Å². The molecule has 0 aromatic heterocycles. The monoisotopic (exact) mass is 294 g/mol. The van der Waals surface area contributed by atoms with Crippen LogP contribution in [0, 0.1) is 11.3 Å². The van der Waals surface area contributed by atoms with Gasteiger partial charge < -0.3 is 0 Å². The topological polar surface area (TPSA) is 42.3 Å². The molecule has 1 aliphatic rings. The first-order valence-corrected chi connectivity index (χ1v) is 8.60. The minimum atomic E-state index is -0.400. The van der Waals surface area contributed by atoms with Gasteiger partial charge in [-0.1, -0.05) is 13.8 Å². The van der Waals surface area contributed by atoms with E-state index in [2.05, 4.69) is 48.9 Å². The standard InChI is InChI=1S/C17H34N4/c1-6-8-19-17(5,14-18)13-16(4)21-11-9-20(10-12-21)15(3)7-2/h15-16,19H,6-13H2,1-5H3. The molecule has 21 heavy (non-hydrogen) atoms. The Kier molecular flexibility index (Phi) is 7.65. The predicted molar refractivity (Wildman–Crippen MR) is 89.3 cm³/mol. The van der Waals surface area contributed by atoms with Crippen molar-refractivity contribution in [2.24, 2.45) is 0 Å². The molecule has 3 atom stereocenters. The quantitative estimate of drug-likeness (QED) is 0.747. The van der Waals surface area contributed by atoms with E-state index in [1.807, 2.05) is 6.92 Å². The van der Waals surface area contributed by atoms with Gasteiger partial charge in [-0.05, 0) is 46.6 Å². The fourth-order valence-electron chi connectivity index (χ4n) is 3.16. The van der Waals surface area contributed by atoms with Crippen LogP contribution in [-0.4, -0.2) is 60.1 Å². The maximum atomic E-state index is 9.47. The number of nitrogens with zero attached hydrogens (tertiary/aromatic N) is 3. The van der Waals surface area contributed by atoms with Gasteiger partial charge in [-0.25, -0.2) is 0 Å². The molecule has 4 nitrogen and oxygen atoms in total. The Morgan fingerprint density at radius 3 is 2.05 bits per heavy atom. The van der Waals surface area contributed by atoms with Crippen LogP contribution in [0.5, 0.6) is 0 Å². The van der Waals surface area contributed by atoms with Crippen LogP contribution in [0.1, 0.15) is 53.9 Å². The molecule has 0 aliphatic carbocycles. The lowest BCUT2D eigenvalue weighted by molar-refractivity contribution is 0.0689. The molecule has 4 heteroatoms. The fourth-order valence-corrected chi connectivity index (χ4v) is 3.16. The Balaban J connectivity index is 2.46. The number of rotatable bonds is 8. The summed E-state index contributed by atoms with van der Waals surface area (Å²) in [7, 11) is 0. The van der Waals surface area contributed by atoms with E-state index in [1.165, 1.54) is 6.42 Å². The van der Waals surface area contributed by atoms with Crippen molar-refractivity contribution in [3.63, 3.8) is 0 Å². The molecule has 1 fully saturated rings. The normalized spacial score (nSPS) is 23.2. The van der Waals surface area contributed by atoms with Crippen molar-refractivity contribution in [1.29, 1.82) is 5.26 Å². The van der Waals surface area contributed by atoms with Gasteiger partial charge >= 0.3 is 0 Å². The number of piperazine rings is 1.